The van der Waals surface area contributed by atoms with E-state index in [2.05, 4.69) is 36.5 Å². The number of H-pyrrole nitrogens is 1. The lowest BCUT2D eigenvalue weighted by molar-refractivity contribution is 0.785. The highest BCUT2D eigenvalue weighted by Gasteiger charge is 2.16. The predicted molar refractivity (Wildman–Crippen MR) is 57.5 cm³/mol. The van der Waals surface area contributed by atoms with Gasteiger partial charge in [-0.05, 0) is 28.9 Å². The van der Waals surface area contributed by atoms with Crippen LogP contribution in [0.2, 0.25) is 0 Å². The molecule has 1 aromatic rings. The Kier molecular flexibility index (Phi) is 2.83. The topological polar surface area (TPSA) is 69.8 Å². The zero-order valence-corrected chi connectivity index (χ0v) is 9.10. The minimum Gasteiger partial charge on any atom is -0.365 e. The van der Waals surface area contributed by atoms with E-state index in [9.17, 15) is 4.79 Å². The standard InChI is InChI=1S/C8H11BrN4O/c9-6-7(11-4-12-8(6)14)13-5-1-2-10-3-5/h4-5,10H,1-3H2,(H2,11,12,13,14). The highest BCUT2D eigenvalue weighted by molar-refractivity contribution is 9.10. The second-order valence-electron chi connectivity index (χ2n) is 3.23. The third-order valence-corrected chi connectivity index (χ3v) is 2.93. The van der Waals surface area contributed by atoms with E-state index in [4.69, 9.17) is 0 Å². The maximum Gasteiger partial charge on any atom is 0.267 e. The van der Waals surface area contributed by atoms with Crippen molar-refractivity contribution in [3.63, 3.8) is 0 Å². The molecule has 1 atom stereocenters. The molecule has 1 unspecified atom stereocenters. The second-order valence-corrected chi connectivity index (χ2v) is 4.02. The molecule has 1 fully saturated rings. The summed E-state index contributed by atoms with van der Waals surface area (Å²) in [6.07, 6.45) is 2.46. The van der Waals surface area contributed by atoms with Gasteiger partial charge in [0.1, 0.15) is 10.3 Å². The van der Waals surface area contributed by atoms with Crippen LogP contribution in [0.25, 0.3) is 0 Å². The quantitative estimate of drug-likeness (QED) is 0.714. The highest BCUT2D eigenvalue weighted by Crippen LogP contribution is 2.15. The first-order chi connectivity index (χ1) is 6.77. The molecule has 0 amide bonds. The van der Waals surface area contributed by atoms with Crippen LogP contribution in [0.15, 0.2) is 15.6 Å². The Bertz CT molecular complexity index is 372. The lowest BCUT2D eigenvalue weighted by Gasteiger charge is -2.12. The Balaban J connectivity index is 2.15. The minimum atomic E-state index is -0.159. The number of nitrogens with one attached hydrogen (secondary N) is 3. The summed E-state index contributed by atoms with van der Waals surface area (Å²) >= 11 is 3.20. The smallest absolute Gasteiger partial charge is 0.267 e. The Morgan fingerprint density at radius 2 is 2.50 bits per heavy atom. The van der Waals surface area contributed by atoms with Gasteiger partial charge in [0.25, 0.3) is 5.56 Å². The zero-order valence-electron chi connectivity index (χ0n) is 7.51. The fourth-order valence-corrected chi connectivity index (χ4v) is 1.79. The summed E-state index contributed by atoms with van der Waals surface area (Å²) in [5.74, 6) is 0.613. The van der Waals surface area contributed by atoms with Gasteiger partial charge in [0.15, 0.2) is 0 Å². The van der Waals surface area contributed by atoms with Crippen molar-refractivity contribution < 1.29 is 0 Å². The molecular formula is C8H11BrN4O. The van der Waals surface area contributed by atoms with Crippen LogP contribution in [0.5, 0.6) is 0 Å². The molecule has 2 heterocycles. The van der Waals surface area contributed by atoms with E-state index in [1.54, 1.807) is 0 Å². The molecule has 0 bridgehead atoms. The summed E-state index contributed by atoms with van der Waals surface area (Å²) in [5.41, 5.74) is -0.159. The summed E-state index contributed by atoms with van der Waals surface area (Å²) in [6.45, 7) is 1.93. The molecule has 76 valence electrons. The van der Waals surface area contributed by atoms with E-state index in [-0.39, 0.29) is 5.56 Å². The number of anilines is 1. The normalized spacial score (nSPS) is 21.1. The molecule has 0 radical (unpaired) electrons. The van der Waals surface area contributed by atoms with Gasteiger partial charge in [0, 0.05) is 12.6 Å². The van der Waals surface area contributed by atoms with Crippen LogP contribution in [0.4, 0.5) is 5.82 Å². The first-order valence-corrected chi connectivity index (χ1v) is 5.27. The molecule has 1 saturated heterocycles. The van der Waals surface area contributed by atoms with Crippen LogP contribution in [0, 0.1) is 0 Å². The molecule has 0 saturated carbocycles. The molecule has 1 aliphatic heterocycles. The Hall–Kier alpha value is -0.880. The Labute approximate surface area is 89.5 Å². The molecule has 2 rings (SSSR count). The van der Waals surface area contributed by atoms with Crippen molar-refractivity contribution in [1.29, 1.82) is 0 Å². The summed E-state index contributed by atoms with van der Waals surface area (Å²) in [7, 11) is 0. The summed E-state index contributed by atoms with van der Waals surface area (Å²) in [4.78, 5) is 17.8. The lowest BCUT2D eigenvalue weighted by atomic mass is 10.2. The largest absolute Gasteiger partial charge is 0.365 e. The summed E-state index contributed by atoms with van der Waals surface area (Å²) in [5, 5.41) is 6.44. The van der Waals surface area contributed by atoms with Crippen molar-refractivity contribution >= 4 is 21.7 Å². The lowest BCUT2D eigenvalue weighted by Crippen LogP contribution is -2.24. The van der Waals surface area contributed by atoms with Gasteiger partial charge in [0.05, 0.1) is 6.33 Å². The van der Waals surface area contributed by atoms with Crippen molar-refractivity contribution in [1.82, 2.24) is 15.3 Å². The van der Waals surface area contributed by atoms with Crippen LogP contribution in [0.3, 0.4) is 0 Å². The first kappa shape index (κ1) is 9.67. The third kappa shape index (κ3) is 1.96. The van der Waals surface area contributed by atoms with Crippen LogP contribution in [-0.2, 0) is 0 Å². The molecular weight excluding hydrogens is 248 g/mol. The van der Waals surface area contributed by atoms with Crippen molar-refractivity contribution in [2.24, 2.45) is 0 Å². The molecule has 1 aromatic heterocycles. The molecule has 3 N–H and O–H groups in total. The third-order valence-electron chi connectivity index (χ3n) is 2.20. The van der Waals surface area contributed by atoms with Gasteiger partial charge in [-0.25, -0.2) is 4.98 Å². The number of halogens is 1. The van der Waals surface area contributed by atoms with E-state index >= 15 is 0 Å². The van der Waals surface area contributed by atoms with Crippen molar-refractivity contribution in [3.8, 4) is 0 Å². The molecule has 0 aliphatic carbocycles. The number of nitrogens with zero attached hydrogens (tertiary/aromatic N) is 1. The van der Waals surface area contributed by atoms with E-state index in [1.165, 1.54) is 6.33 Å². The molecule has 6 heteroatoms. The average molecular weight is 259 g/mol. The second kappa shape index (κ2) is 4.10. The maximum absolute atomic E-state index is 11.2. The number of hydrogen-bond acceptors (Lipinski definition) is 4. The van der Waals surface area contributed by atoms with Gasteiger partial charge >= 0.3 is 0 Å². The minimum absolute atomic E-state index is 0.159. The monoisotopic (exact) mass is 258 g/mol. The molecule has 14 heavy (non-hydrogen) atoms. The molecule has 0 spiro atoms. The summed E-state index contributed by atoms with van der Waals surface area (Å²) < 4.78 is 0.465. The van der Waals surface area contributed by atoms with E-state index in [1.807, 2.05) is 0 Å². The number of hydrogen-bond donors (Lipinski definition) is 3. The van der Waals surface area contributed by atoms with Crippen molar-refractivity contribution in [3.05, 3.63) is 21.2 Å². The fraction of sp³-hybridized carbons (Fsp3) is 0.500. The van der Waals surface area contributed by atoms with E-state index in [0.717, 1.165) is 19.5 Å². The highest BCUT2D eigenvalue weighted by atomic mass is 79.9. The molecule has 5 nitrogen and oxygen atoms in total. The van der Waals surface area contributed by atoms with Crippen LogP contribution in [-0.4, -0.2) is 29.1 Å². The van der Waals surface area contributed by atoms with Crippen LogP contribution < -0.4 is 16.2 Å². The van der Waals surface area contributed by atoms with Gasteiger partial charge in [-0.3, -0.25) is 4.79 Å². The van der Waals surface area contributed by atoms with Gasteiger partial charge < -0.3 is 15.6 Å². The SMILES string of the molecule is O=c1[nH]cnc(NC2CCNC2)c1Br. The number of rotatable bonds is 2. The number of aromatic nitrogens is 2. The van der Waals surface area contributed by atoms with Gasteiger partial charge in [-0.1, -0.05) is 0 Å². The van der Waals surface area contributed by atoms with Crippen LogP contribution >= 0.6 is 15.9 Å². The Morgan fingerprint density at radius 1 is 1.64 bits per heavy atom. The predicted octanol–water partition coefficient (Wildman–Crippen LogP) is 0.306. The van der Waals surface area contributed by atoms with Crippen molar-refractivity contribution in [2.45, 2.75) is 12.5 Å². The zero-order chi connectivity index (χ0) is 9.97. The number of aromatic amines is 1. The first-order valence-electron chi connectivity index (χ1n) is 4.48. The van der Waals surface area contributed by atoms with Crippen molar-refractivity contribution in [2.75, 3.05) is 18.4 Å². The van der Waals surface area contributed by atoms with Crippen LogP contribution in [0.1, 0.15) is 6.42 Å². The summed E-state index contributed by atoms with van der Waals surface area (Å²) in [6, 6.07) is 0.362. The van der Waals surface area contributed by atoms with Gasteiger partial charge in [0.2, 0.25) is 0 Å². The fourth-order valence-electron chi connectivity index (χ4n) is 1.45. The molecule has 1 aliphatic rings. The maximum atomic E-state index is 11.2. The van der Waals surface area contributed by atoms with Gasteiger partial charge in [-0.15, -0.1) is 0 Å². The Morgan fingerprint density at radius 3 is 3.21 bits per heavy atom. The van der Waals surface area contributed by atoms with Gasteiger partial charge in [-0.2, -0.15) is 0 Å². The van der Waals surface area contributed by atoms with E-state index in [0.29, 0.717) is 16.3 Å². The average Bonchev–Trinajstić information content (AvgIpc) is 2.66. The van der Waals surface area contributed by atoms with E-state index < -0.39 is 0 Å². The molecule has 0 aromatic carbocycles.